The highest BCUT2D eigenvalue weighted by molar-refractivity contribution is 5.20. The summed E-state index contributed by atoms with van der Waals surface area (Å²) >= 11 is 0. The summed E-state index contributed by atoms with van der Waals surface area (Å²) in [7, 11) is 2.22. The van der Waals surface area contributed by atoms with Gasteiger partial charge in [0.25, 0.3) is 0 Å². The van der Waals surface area contributed by atoms with E-state index in [9.17, 15) is 0 Å². The van der Waals surface area contributed by atoms with Gasteiger partial charge in [-0.05, 0) is 33.2 Å². The molecule has 1 saturated heterocycles. The summed E-state index contributed by atoms with van der Waals surface area (Å²) < 4.78 is 0. The first-order valence-corrected chi connectivity index (χ1v) is 5.59. The Labute approximate surface area is 82.8 Å². The van der Waals surface area contributed by atoms with Crippen LogP contribution in [0.25, 0.3) is 0 Å². The highest BCUT2D eigenvalue weighted by Gasteiger charge is 2.42. The Bertz CT molecular complexity index is 187. The van der Waals surface area contributed by atoms with E-state index in [4.69, 9.17) is 0 Å². The lowest BCUT2D eigenvalue weighted by atomic mass is 9.68. The summed E-state index contributed by atoms with van der Waals surface area (Å²) in [5.41, 5.74) is 2.27. The Balaban J connectivity index is 0.000000396. The topological polar surface area (TPSA) is 3.24 Å². The molecular formula is C12H23N. The zero-order valence-corrected chi connectivity index (χ0v) is 9.56. The van der Waals surface area contributed by atoms with E-state index in [1.54, 1.807) is 5.57 Å². The zero-order chi connectivity index (χ0) is 9.90. The number of hydrogen-bond donors (Lipinski definition) is 0. The van der Waals surface area contributed by atoms with Gasteiger partial charge in [0.05, 0.1) is 0 Å². The van der Waals surface area contributed by atoms with E-state index >= 15 is 0 Å². The van der Waals surface area contributed by atoms with Crippen molar-refractivity contribution >= 4 is 0 Å². The van der Waals surface area contributed by atoms with Gasteiger partial charge in [-0.3, -0.25) is 0 Å². The van der Waals surface area contributed by atoms with Crippen molar-refractivity contribution in [3.8, 4) is 0 Å². The van der Waals surface area contributed by atoms with Gasteiger partial charge in [0.15, 0.2) is 0 Å². The molecule has 0 aromatic heterocycles. The maximum Gasteiger partial charge on any atom is 0.0163 e. The molecule has 0 saturated carbocycles. The smallest absolute Gasteiger partial charge is 0.0163 e. The van der Waals surface area contributed by atoms with E-state index in [1.165, 1.54) is 32.4 Å². The highest BCUT2D eigenvalue weighted by atomic mass is 15.2. The standard InChI is InChI=1S/C10H17N.C2H6/c1-9-5-3-4-6-10(9)7-11(2)8-10;1-2/h5H,3-4,6-8H2,1-2H3;1-2H3. The van der Waals surface area contributed by atoms with Crippen LogP contribution >= 0.6 is 0 Å². The van der Waals surface area contributed by atoms with Gasteiger partial charge in [0, 0.05) is 18.5 Å². The number of likely N-dealkylation sites (tertiary alicyclic amines) is 1. The third kappa shape index (κ3) is 1.96. The van der Waals surface area contributed by atoms with Crippen LogP contribution < -0.4 is 0 Å². The number of rotatable bonds is 0. The molecule has 0 unspecified atom stereocenters. The molecule has 1 aliphatic heterocycles. The van der Waals surface area contributed by atoms with Gasteiger partial charge in [0.2, 0.25) is 0 Å². The molecule has 1 aliphatic carbocycles. The summed E-state index contributed by atoms with van der Waals surface area (Å²) in [4.78, 5) is 2.42. The Morgan fingerprint density at radius 1 is 1.31 bits per heavy atom. The summed E-state index contributed by atoms with van der Waals surface area (Å²) in [5.74, 6) is 0. The van der Waals surface area contributed by atoms with Gasteiger partial charge in [-0.1, -0.05) is 25.5 Å². The van der Waals surface area contributed by atoms with E-state index < -0.39 is 0 Å². The molecule has 0 atom stereocenters. The molecular weight excluding hydrogens is 158 g/mol. The van der Waals surface area contributed by atoms with Crippen LogP contribution in [0.2, 0.25) is 0 Å². The van der Waals surface area contributed by atoms with Crippen LogP contribution in [0, 0.1) is 5.41 Å². The average Bonchev–Trinajstić information content (AvgIpc) is 2.11. The van der Waals surface area contributed by atoms with Gasteiger partial charge in [-0.15, -0.1) is 0 Å². The molecule has 2 rings (SSSR count). The minimum absolute atomic E-state index is 0.618. The molecule has 1 spiro atoms. The van der Waals surface area contributed by atoms with E-state index in [2.05, 4.69) is 24.9 Å². The monoisotopic (exact) mass is 181 g/mol. The van der Waals surface area contributed by atoms with Gasteiger partial charge >= 0.3 is 0 Å². The van der Waals surface area contributed by atoms with Crippen molar-refractivity contribution in [1.82, 2.24) is 4.90 Å². The minimum atomic E-state index is 0.618. The first kappa shape index (κ1) is 10.8. The molecule has 0 N–H and O–H groups in total. The Morgan fingerprint density at radius 3 is 2.38 bits per heavy atom. The van der Waals surface area contributed by atoms with E-state index in [0.717, 1.165) is 0 Å². The van der Waals surface area contributed by atoms with Crippen molar-refractivity contribution in [3.63, 3.8) is 0 Å². The Morgan fingerprint density at radius 2 is 1.92 bits per heavy atom. The minimum Gasteiger partial charge on any atom is -0.305 e. The van der Waals surface area contributed by atoms with Crippen molar-refractivity contribution in [2.24, 2.45) is 5.41 Å². The lowest BCUT2D eigenvalue weighted by molar-refractivity contribution is 0.0417. The fourth-order valence-electron chi connectivity index (χ4n) is 2.57. The van der Waals surface area contributed by atoms with Crippen molar-refractivity contribution in [3.05, 3.63) is 11.6 Å². The van der Waals surface area contributed by atoms with Crippen LogP contribution in [-0.2, 0) is 0 Å². The maximum atomic E-state index is 2.44. The molecule has 0 aromatic rings. The number of allylic oxidation sites excluding steroid dienone is 1. The molecule has 1 heterocycles. The van der Waals surface area contributed by atoms with E-state index in [-0.39, 0.29) is 0 Å². The van der Waals surface area contributed by atoms with Crippen LogP contribution in [-0.4, -0.2) is 25.0 Å². The highest BCUT2D eigenvalue weighted by Crippen LogP contribution is 2.43. The second kappa shape index (κ2) is 4.28. The quantitative estimate of drug-likeness (QED) is 0.519. The number of hydrogen-bond acceptors (Lipinski definition) is 1. The summed E-state index contributed by atoms with van der Waals surface area (Å²) in [5, 5.41) is 0. The van der Waals surface area contributed by atoms with Crippen molar-refractivity contribution in [1.29, 1.82) is 0 Å². The van der Waals surface area contributed by atoms with Crippen LogP contribution in [0.15, 0.2) is 11.6 Å². The molecule has 0 radical (unpaired) electrons. The largest absolute Gasteiger partial charge is 0.305 e. The molecule has 1 heteroatoms. The third-order valence-corrected chi connectivity index (χ3v) is 3.29. The van der Waals surface area contributed by atoms with Crippen LogP contribution in [0.3, 0.4) is 0 Å². The van der Waals surface area contributed by atoms with Crippen molar-refractivity contribution < 1.29 is 0 Å². The predicted molar refractivity (Wildman–Crippen MR) is 58.9 cm³/mol. The van der Waals surface area contributed by atoms with Crippen LogP contribution in [0.5, 0.6) is 0 Å². The van der Waals surface area contributed by atoms with Crippen LogP contribution in [0.4, 0.5) is 0 Å². The average molecular weight is 181 g/mol. The summed E-state index contributed by atoms with van der Waals surface area (Å²) in [6.07, 6.45) is 6.60. The van der Waals surface area contributed by atoms with Gasteiger partial charge in [-0.2, -0.15) is 0 Å². The fourth-order valence-corrected chi connectivity index (χ4v) is 2.57. The Kier molecular flexibility index (Phi) is 3.55. The fraction of sp³-hybridized carbons (Fsp3) is 0.833. The van der Waals surface area contributed by atoms with Crippen molar-refractivity contribution in [2.75, 3.05) is 20.1 Å². The molecule has 76 valence electrons. The van der Waals surface area contributed by atoms with Gasteiger partial charge in [0.1, 0.15) is 0 Å². The van der Waals surface area contributed by atoms with Gasteiger partial charge in [-0.25, -0.2) is 0 Å². The predicted octanol–water partition coefficient (Wildman–Crippen LogP) is 3.07. The van der Waals surface area contributed by atoms with E-state index in [1.807, 2.05) is 13.8 Å². The molecule has 13 heavy (non-hydrogen) atoms. The molecule has 2 aliphatic rings. The second-order valence-electron chi connectivity index (χ2n) is 4.23. The lowest BCUT2D eigenvalue weighted by Crippen LogP contribution is -2.55. The normalized spacial score (nSPS) is 25.7. The molecule has 0 aromatic carbocycles. The first-order chi connectivity index (χ1) is 6.23. The Hall–Kier alpha value is -0.300. The molecule has 0 amide bonds. The van der Waals surface area contributed by atoms with E-state index in [0.29, 0.717) is 5.41 Å². The zero-order valence-electron chi connectivity index (χ0n) is 9.56. The van der Waals surface area contributed by atoms with Crippen molar-refractivity contribution in [2.45, 2.75) is 40.0 Å². The summed E-state index contributed by atoms with van der Waals surface area (Å²) in [6, 6.07) is 0. The van der Waals surface area contributed by atoms with Gasteiger partial charge < -0.3 is 4.90 Å². The molecule has 1 nitrogen and oxygen atoms in total. The lowest BCUT2D eigenvalue weighted by Gasteiger charge is -2.51. The SMILES string of the molecule is CC.CC1=CCCCC12CN(C)C2. The van der Waals surface area contributed by atoms with Crippen LogP contribution in [0.1, 0.15) is 40.0 Å². The maximum absolute atomic E-state index is 2.44. The second-order valence-corrected chi connectivity index (χ2v) is 4.23. The third-order valence-electron chi connectivity index (χ3n) is 3.29. The number of nitrogens with zero attached hydrogens (tertiary/aromatic N) is 1. The molecule has 0 bridgehead atoms. The summed E-state index contributed by atoms with van der Waals surface area (Å²) in [6.45, 7) is 8.91. The first-order valence-electron chi connectivity index (χ1n) is 5.59. The molecule has 1 fully saturated rings.